The molecule has 11 nitrogen and oxygen atoms in total. The predicted molar refractivity (Wildman–Crippen MR) is 356 cm³/mol. The quantitative estimate of drug-likeness (QED) is 0.0195. The van der Waals surface area contributed by atoms with Gasteiger partial charge in [0.1, 0.15) is 24.4 Å². The van der Waals surface area contributed by atoms with E-state index in [9.17, 15) is 35.1 Å². The molecule has 0 bridgehead atoms. The van der Waals surface area contributed by atoms with E-state index in [0.717, 1.165) is 128 Å². The highest BCUT2D eigenvalue weighted by Gasteiger charge is 2.47. The predicted octanol–water partition coefficient (Wildman–Crippen LogP) is 17.6. The molecule has 8 atom stereocenters. The van der Waals surface area contributed by atoms with E-state index in [2.05, 4.69) is 123 Å². The zero-order chi connectivity index (χ0) is 61.7. The van der Waals surface area contributed by atoms with Gasteiger partial charge in [-0.3, -0.25) is 9.59 Å². The van der Waals surface area contributed by atoms with Crippen LogP contribution in [0.3, 0.4) is 0 Å². The lowest BCUT2D eigenvalue weighted by Gasteiger charge is -2.41. The molecule has 0 saturated carbocycles. The fourth-order valence-corrected chi connectivity index (χ4v) is 10.2. The lowest BCUT2D eigenvalue weighted by Crippen LogP contribution is -2.61. The second-order valence-corrected chi connectivity index (χ2v) is 23.5. The number of esters is 1. The Morgan fingerprint density at radius 1 is 0.471 bits per heavy atom. The van der Waals surface area contributed by atoms with E-state index in [0.29, 0.717) is 12.8 Å². The molecule has 11 heteroatoms. The maximum atomic E-state index is 13.5. The summed E-state index contributed by atoms with van der Waals surface area (Å²) in [7, 11) is 0. The first kappa shape index (κ1) is 79.3. The normalized spacial score (nSPS) is 19.1. The summed E-state index contributed by atoms with van der Waals surface area (Å²) in [5.41, 5.74) is 0. The average molecular weight is 1190 g/mol. The van der Waals surface area contributed by atoms with E-state index in [1.165, 1.54) is 109 Å². The van der Waals surface area contributed by atoms with E-state index < -0.39 is 67.4 Å². The second kappa shape index (κ2) is 60.6. The van der Waals surface area contributed by atoms with Crippen molar-refractivity contribution in [2.45, 2.75) is 333 Å². The highest BCUT2D eigenvalue weighted by atomic mass is 16.7. The Bertz CT molecular complexity index is 1800. The smallest absolute Gasteiger partial charge is 0.306 e. The standard InChI is InChI=1S/C74H127NO10/c1-4-7-10-13-16-19-22-24-26-28-30-32-33-34-36-37-39-41-43-46-49-52-55-58-61-67(78)73(82)75-65(66(77)60-57-54-51-48-45-21-18-15-12-9-6-3)64-83-74-72(71(81)70(80)68(63-76)84-74)85-69(79)62-59-56-53-50-47-44-42-40-38-35-31-29-27-25-23-20-17-14-11-8-5-2/h8,11,16-17,19-20,24-27,30-32,35,40,42,57,60,65-68,70-72,74,76-78,80-81H,4-7,9-10,12-15,18,21-23,28-29,33-34,36-39,41,43-56,58-59,61-64H2,1-3H3,(H,75,82)/b11-8-,19-16-,20-17-,26-24-,27-25-,32-30-,35-31-,42-40-,60-57+. The fraction of sp³-hybridized carbons (Fsp3) is 0.730. The molecule has 0 radical (unpaired) electrons. The minimum Gasteiger partial charge on any atom is -0.454 e. The molecule has 0 aromatic carbocycles. The highest BCUT2D eigenvalue weighted by molar-refractivity contribution is 5.80. The van der Waals surface area contributed by atoms with Crippen LogP contribution >= 0.6 is 0 Å². The maximum absolute atomic E-state index is 13.5. The van der Waals surface area contributed by atoms with Gasteiger partial charge in [0.25, 0.3) is 0 Å². The summed E-state index contributed by atoms with van der Waals surface area (Å²) in [6.07, 6.45) is 72.6. The zero-order valence-corrected chi connectivity index (χ0v) is 54.2. The summed E-state index contributed by atoms with van der Waals surface area (Å²) < 4.78 is 17.6. The van der Waals surface area contributed by atoms with Crippen LogP contribution in [0.2, 0.25) is 0 Å². The van der Waals surface area contributed by atoms with Crippen LogP contribution in [0.15, 0.2) is 109 Å². The third-order valence-electron chi connectivity index (χ3n) is 15.7. The molecule has 1 amide bonds. The summed E-state index contributed by atoms with van der Waals surface area (Å²) >= 11 is 0. The van der Waals surface area contributed by atoms with Crippen molar-refractivity contribution in [3.8, 4) is 0 Å². The molecule has 1 fully saturated rings. The summed E-state index contributed by atoms with van der Waals surface area (Å²) in [5.74, 6) is -1.22. The van der Waals surface area contributed by atoms with Crippen molar-refractivity contribution in [3.63, 3.8) is 0 Å². The largest absolute Gasteiger partial charge is 0.454 e. The molecule has 1 heterocycles. The van der Waals surface area contributed by atoms with Crippen LogP contribution in [0.5, 0.6) is 0 Å². The number of carbonyl (C=O) groups is 2. The minimum absolute atomic E-state index is 0.0963. The first-order chi connectivity index (χ1) is 41.7. The summed E-state index contributed by atoms with van der Waals surface area (Å²) in [4.78, 5) is 26.6. The Morgan fingerprint density at radius 3 is 1.29 bits per heavy atom. The molecule has 1 aliphatic rings. The van der Waals surface area contributed by atoms with Crippen LogP contribution in [-0.4, -0.2) is 99.6 Å². The van der Waals surface area contributed by atoms with Gasteiger partial charge in [-0.15, -0.1) is 0 Å². The van der Waals surface area contributed by atoms with Crippen LogP contribution in [0, 0.1) is 0 Å². The van der Waals surface area contributed by atoms with Crippen LogP contribution in [0.4, 0.5) is 0 Å². The van der Waals surface area contributed by atoms with Gasteiger partial charge in [-0.25, -0.2) is 0 Å². The topological polar surface area (TPSA) is 175 Å². The number of aliphatic hydroxyl groups is 5. The lowest BCUT2D eigenvalue weighted by molar-refractivity contribution is -0.305. The number of aliphatic hydroxyl groups excluding tert-OH is 5. The number of ether oxygens (including phenoxy) is 3. The number of nitrogens with one attached hydrogen (secondary N) is 1. The molecule has 0 aromatic rings. The van der Waals surface area contributed by atoms with Crippen molar-refractivity contribution in [2.75, 3.05) is 13.2 Å². The highest BCUT2D eigenvalue weighted by Crippen LogP contribution is 2.26. The molecular formula is C74H127NO10. The minimum atomic E-state index is -1.63. The van der Waals surface area contributed by atoms with Gasteiger partial charge < -0.3 is 45.1 Å². The molecule has 0 aromatic heterocycles. The number of allylic oxidation sites excluding steroid dienone is 17. The second-order valence-electron chi connectivity index (χ2n) is 23.5. The zero-order valence-electron chi connectivity index (χ0n) is 54.2. The molecule has 1 rings (SSSR count). The van der Waals surface area contributed by atoms with E-state index in [-0.39, 0.29) is 19.4 Å². The summed E-state index contributed by atoms with van der Waals surface area (Å²) in [6.45, 7) is 5.64. The van der Waals surface area contributed by atoms with Crippen molar-refractivity contribution in [3.05, 3.63) is 109 Å². The fourth-order valence-electron chi connectivity index (χ4n) is 10.2. The van der Waals surface area contributed by atoms with Crippen LogP contribution in [0.25, 0.3) is 0 Å². The van der Waals surface area contributed by atoms with Crippen molar-refractivity contribution in [1.82, 2.24) is 5.32 Å². The number of rotatable bonds is 58. The molecule has 0 spiro atoms. The van der Waals surface area contributed by atoms with Gasteiger partial charge >= 0.3 is 5.97 Å². The Hall–Kier alpha value is -3.68. The SMILES string of the molecule is CC/C=C\C/C=C\C/C=C\C/C=C\C/C=C\CCCCCCCC(=O)OC1C(OCC(NC(=O)C(O)CCCCCCCCCCCCC/C=C\C/C=C\C/C=C\CCCCC)C(O)/C=C/CCCCCCCCCCC)OC(CO)C(O)C1O. The number of unbranched alkanes of at least 4 members (excludes halogenated alkanes) is 28. The van der Waals surface area contributed by atoms with Gasteiger partial charge in [0.05, 0.1) is 25.4 Å². The van der Waals surface area contributed by atoms with Gasteiger partial charge in [-0.1, -0.05) is 278 Å². The Morgan fingerprint density at radius 2 is 0.847 bits per heavy atom. The monoisotopic (exact) mass is 1190 g/mol. The van der Waals surface area contributed by atoms with Crippen LogP contribution < -0.4 is 5.32 Å². The molecule has 1 saturated heterocycles. The van der Waals surface area contributed by atoms with E-state index in [1.807, 2.05) is 6.08 Å². The Kier molecular flexibility index (Phi) is 56.6. The Balaban J connectivity index is 2.59. The first-order valence-electron chi connectivity index (χ1n) is 34.7. The van der Waals surface area contributed by atoms with E-state index in [1.54, 1.807) is 6.08 Å². The van der Waals surface area contributed by atoms with Gasteiger partial charge in [0.15, 0.2) is 12.4 Å². The molecule has 0 aliphatic carbocycles. The number of hydrogen-bond acceptors (Lipinski definition) is 10. The third-order valence-corrected chi connectivity index (χ3v) is 15.7. The third kappa shape index (κ3) is 48.0. The first-order valence-corrected chi connectivity index (χ1v) is 34.7. The molecule has 1 aliphatic heterocycles. The van der Waals surface area contributed by atoms with Gasteiger partial charge in [0, 0.05) is 6.42 Å². The van der Waals surface area contributed by atoms with Gasteiger partial charge in [0.2, 0.25) is 5.91 Å². The van der Waals surface area contributed by atoms with Crippen molar-refractivity contribution < 1.29 is 49.3 Å². The molecule has 85 heavy (non-hydrogen) atoms. The molecule has 6 N–H and O–H groups in total. The van der Waals surface area contributed by atoms with Crippen molar-refractivity contribution >= 4 is 11.9 Å². The molecule has 488 valence electrons. The van der Waals surface area contributed by atoms with Gasteiger partial charge in [-0.05, 0) is 109 Å². The average Bonchev–Trinajstić information content (AvgIpc) is 2.91. The number of amides is 1. The Labute approximate surface area is 519 Å². The summed E-state index contributed by atoms with van der Waals surface area (Å²) in [5, 5.41) is 57.2. The maximum Gasteiger partial charge on any atom is 0.306 e. The van der Waals surface area contributed by atoms with E-state index in [4.69, 9.17) is 14.2 Å². The summed E-state index contributed by atoms with van der Waals surface area (Å²) in [6, 6.07) is -1.04. The van der Waals surface area contributed by atoms with Crippen LogP contribution in [0.1, 0.15) is 284 Å². The number of hydrogen-bond donors (Lipinski definition) is 6. The van der Waals surface area contributed by atoms with E-state index >= 15 is 0 Å². The van der Waals surface area contributed by atoms with Crippen molar-refractivity contribution in [2.24, 2.45) is 0 Å². The molecule has 8 unspecified atom stereocenters. The van der Waals surface area contributed by atoms with Gasteiger partial charge in [-0.2, -0.15) is 0 Å². The number of carbonyl (C=O) groups excluding carboxylic acids is 2. The lowest BCUT2D eigenvalue weighted by atomic mass is 9.99. The molecular weight excluding hydrogens is 1060 g/mol. The van der Waals surface area contributed by atoms with Crippen LogP contribution in [-0.2, 0) is 23.8 Å². The van der Waals surface area contributed by atoms with Crippen molar-refractivity contribution in [1.29, 1.82) is 0 Å².